The smallest absolute Gasteiger partial charge is 0.240 e. The first-order chi connectivity index (χ1) is 9.38. The van der Waals surface area contributed by atoms with Crippen LogP contribution in [0.4, 0.5) is 0 Å². The van der Waals surface area contributed by atoms with Gasteiger partial charge in [-0.05, 0) is 32.3 Å². The van der Waals surface area contributed by atoms with Gasteiger partial charge in [0.2, 0.25) is 6.54 Å². The number of hydrogen-bond donors (Lipinski definition) is 0. The summed E-state index contributed by atoms with van der Waals surface area (Å²) in [6.45, 7) is 7.55. The van der Waals surface area contributed by atoms with E-state index in [1.807, 2.05) is 0 Å². The summed E-state index contributed by atoms with van der Waals surface area (Å²) >= 11 is 0. The molecule has 0 aromatic heterocycles. The molecule has 0 spiro atoms. The van der Waals surface area contributed by atoms with Crippen molar-refractivity contribution in [2.24, 2.45) is 0 Å². The van der Waals surface area contributed by atoms with Gasteiger partial charge in [-0.15, -0.1) is 0 Å². The fourth-order valence-electron chi connectivity index (χ4n) is 3.02. The first-order valence-electron chi connectivity index (χ1n) is 6.37. The van der Waals surface area contributed by atoms with E-state index in [0.717, 1.165) is 5.56 Å². The van der Waals surface area contributed by atoms with Crippen LogP contribution < -0.4 is 0 Å². The molecule has 4 aromatic carbocycles. The van der Waals surface area contributed by atoms with Crippen molar-refractivity contribution in [2.75, 3.05) is 0 Å². The van der Waals surface area contributed by atoms with Crippen molar-refractivity contribution in [1.82, 2.24) is 0 Å². The maximum atomic E-state index is 7.10. The van der Waals surface area contributed by atoms with Crippen LogP contribution in [-0.2, 0) is 6.54 Å². The maximum Gasteiger partial charge on any atom is 0.240 e. The Bertz CT molecular complexity index is 928. The molecule has 1 nitrogen and oxygen atoms in total. The molecule has 0 amide bonds. The lowest BCUT2D eigenvalue weighted by atomic mass is 9.92. The summed E-state index contributed by atoms with van der Waals surface area (Å²) in [5.41, 5.74) is 1.13. The van der Waals surface area contributed by atoms with Crippen molar-refractivity contribution in [2.45, 2.75) is 6.54 Å². The van der Waals surface area contributed by atoms with Crippen LogP contribution in [0.15, 0.2) is 54.6 Å². The van der Waals surface area contributed by atoms with Gasteiger partial charge in [0.25, 0.3) is 0 Å². The SMILES string of the molecule is [C-]#[N+]Cc1ccc2ccc3cccc4ccc1c2c34. The van der Waals surface area contributed by atoms with E-state index in [1.165, 1.54) is 32.3 Å². The molecule has 4 aromatic rings. The number of benzene rings is 4. The summed E-state index contributed by atoms with van der Waals surface area (Å²) in [6, 6.07) is 19.3. The van der Waals surface area contributed by atoms with E-state index in [4.69, 9.17) is 6.57 Å². The third-order valence-corrected chi connectivity index (χ3v) is 3.87. The topological polar surface area (TPSA) is 4.36 Å². The molecular weight excluding hydrogens is 230 g/mol. The molecule has 0 unspecified atom stereocenters. The molecule has 0 radical (unpaired) electrons. The van der Waals surface area contributed by atoms with E-state index in [2.05, 4.69) is 59.4 Å². The summed E-state index contributed by atoms with van der Waals surface area (Å²) in [7, 11) is 0. The number of hydrogen-bond acceptors (Lipinski definition) is 0. The van der Waals surface area contributed by atoms with Crippen LogP contribution in [-0.4, -0.2) is 0 Å². The average molecular weight is 241 g/mol. The normalized spacial score (nSPS) is 11.3. The predicted octanol–water partition coefficient (Wildman–Crippen LogP) is 5.00. The molecule has 4 rings (SSSR count). The molecule has 19 heavy (non-hydrogen) atoms. The lowest BCUT2D eigenvalue weighted by Crippen LogP contribution is -1.88. The van der Waals surface area contributed by atoms with Crippen LogP contribution in [0.5, 0.6) is 0 Å². The van der Waals surface area contributed by atoms with Crippen molar-refractivity contribution in [3.05, 3.63) is 71.6 Å². The van der Waals surface area contributed by atoms with E-state index in [-0.39, 0.29) is 0 Å². The molecule has 0 aliphatic rings. The molecule has 88 valence electrons. The lowest BCUT2D eigenvalue weighted by Gasteiger charge is -2.11. The summed E-state index contributed by atoms with van der Waals surface area (Å²) in [4.78, 5) is 3.54. The molecule has 0 bridgehead atoms. The van der Waals surface area contributed by atoms with E-state index in [9.17, 15) is 0 Å². The quantitative estimate of drug-likeness (QED) is 0.326. The predicted molar refractivity (Wildman–Crippen MR) is 80.5 cm³/mol. The Balaban J connectivity index is 2.32. The van der Waals surface area contributed by atoms with E-state index >= 15 is 0 Å². The Morgan fingerprint density at radius 3 is 2.11 bits per heavy atom. The fourth-order valence-corrected chi connectivity index (χ4v) is 3.02. The van der Waals surface area contributed by atoms with Crippen LogP contribution in [0, 0.1) is 6.57 Å². The summed E-state index contributed by atoms with van der Waals surface area (Å²) in [6.07, 6.45) is 0. The van der Waals surface area contributed by atoms with Gasteiger partial charge >= 0.3 is 0 Å². The van der Waals surface area contributed by atoms with Gasteiger partial charge in [-0.25, -0.2) is 6.57 Å². The van der Waals surface area contributed by atoms with Crippen LogP contribution in [0.2, 0.25) is 0 Å². The Labute approximate surface area is 111 Å². The van der Waals surface area contributed by atoms with Gasteiger partial charge in [0.1, 0.15) is 0 Å². The zero-order chi connectivity index (χ0) is 12.8. The van der Waals surface area contributed by atoms with Gasteiger partial charge < -0.3 is 4.85 Å². The van der Waals surface area contributed by atoms with Gasteiger partial charge in [0.05, 0.1) is 0 Å². The minimum atomic E-state index is 0.453. The molecule has 0 saturated heterocycles. The minimum absolute atomic E-state index is 0.453. The largest absolute Gasteiger partial charge is 0.312 e. The summed E-state index contributed by atoms with van der Waals surface area (Å²) < 4.78 is 0. The molecule has 0 heterocycles. The number of nitrogens with zero attached hydrogens (tertiary/aromatic N) is 1. The summed E-state index contributed by atoms with van der Waals surface area (Å²) in [5.74, 6) is 0. The zero-order valence-corrected chi connectivity index (χ0v) is 10.4. The fraction of sp³-hybridized carbons (Fsp3) is 0.0556. The second-order valence-corrected chi connectivity index (χ2v) is 4.90. The van der Waals surface area contributed by atoms with E-state index < -0.39 is 0 Å². The molecule has 0 aliphatic heterocycles. The van der Waals surface area contributed by atoms with Gasteiger partial charge in [0, 0.05) is 5.56 Å². The van der Waals surface area contributed by atoms with Crippen LogP contribution >= 0.6 is 0 Å². The average Bonchev–Trinajstić information content (AvgIpc) is 2.46. The molecule has 0 aliphatic carbocycles. The van der Waals surface area contributed by atoms with Crippen molar-refractivity contribution in [3.63, 3.8) is 0 Å². The maximum absolute atomic E-state index is 7.10. The molecule has 1 heteroatoms. The second kappa shape index (κ2) is 3.70. The highest BCUT2D eigenvalue weighted by molar-refractivity contribution is 6.23. The van der Waals surface area contributed by atoms with Crippen molar-refractivity contribution in [3.8, 4) is 0 Å². The van der Waals surface area contributed by atoms with Crippen molar-refractivity contribution in [1.29, 1.82) is 0 Å². The second-order valence-electron chi connectivity index (χ2n) is 4.90. The Morgan fingerprint density at radius 2 is 1.37 bits per heavy atom. The Hall–Kier alpha value is -2.59. The lowest BCUT2D eigenvalue weighted by molar-refractivity contribution is 1.30. The third kappa shape index (κ3) is 1.34. The van der Waals surface area contributed by atoms with E-state index in [0.29, 0.717) is 6.54 Å². The highest BCUT2D eigenvalue weighted by Gasteiger charge is 2.11. The van der Waals surface area contributed by atoms with Crippen LogP contribution in [0.3, 0.4) is 0 Å². The van der Waals surface area contributed by atoms with Gasteiger partial charge in [-0.2, -0.15) is 0 Å². The van der Waals surface area contributed by atoms with Crippen molar-refractivity contribution < 1.29 is 0 Å². The van der Waals surface area contributed by atoms with Crippen LogP contribution in [0.1, 0.15) is 5.56 Å². The standard InChI is InChI=1S/C18H11N/c1-19-11-15-8-7-14-6-5-12-3-2-4-13-9-10-16(15)18(14)17(12)13/h2-10H,11H2. The molecular formula is C18H11N. The minimum Gasteiger partial charge on any atom is -0.312 e. The molecule has 0 N–H and O–H groups in total. The van der Waals surface area contributed by atoms with Gasteiger partial charge in [-0.3, -0.25) is 0 Å². The van der Waals surface area contributed by atoms with Crippen molar-refractivity contribution >= 4 is 32.3 Å². The monoisotopic (exact) mass is 241 g/mol. The first-order valence-corrected chi connectivity index (χ1v) is 6.37. The van der Waals surface area contributed by atoms with E-state index in [1.54, 1.807) is 0 Å². The zero-order valence-electron chi connectivity index (χ0n) is 10.4. The molecule has 0 fully saturated rings. The molecule has 0 atom stereocenters. The van der Waals surface area contributed by atoms with Gasteiger partial charge in [-0.1, -0.05) is 54.6 Å². The first kappa shape index (κ1) is 10.3. The Morgan fingerprint density at radius 1 is 0.737 bits per heavy atom. The Kier molecular flexibility index (Phi) is 2.01. The highest BCUT2D eigenvalue weighted by atomic mass is 14.6. The molecule has 0 saturated carbocycles. The third-order valence-electron chi connectivity index (χ3n) is 3.87. The number of rotatable bonds is 1. The summed E-state index contributed by atoms with van der Waals surface area (Å²) in [5, 5.41) is 7.65. The highest BCUT2D eigenvalue weighted by Crippen LogP contribution is 2.35. The van der Waals surface area contributed by atoms with Gasteiger partial charge in [0.15, 0.2) is 0 Å². The van der Waals surface area contributed by atoms with Crippen LogP contribution in [0.25, 0.3) is 37.2 Å².